The van der Waals surface area contributed by atoms with Crippen molar-refractivity contribution in [1.29, 1.82) is 0 Å². The number of fused-ring (bicyclic) bond motifs is 2. The Bertz CT molecular complexity index is 1480. The predicted octanol–water partition coefficient (Wildman–Crippen LogP) is 4.63. The van der Waals surface area contributed by atoms with E-state index in [1.54, 1.807) is 6.20 Å². The summed E-state index contributed by atoms with van der Waals surface area (Å²) in [6.45, 7) is 0. The van der Waals surface area contributed by atoms with E-state index in [1.165, 1.54) is 6.33 Å². The highest BCUT2D eigenvalue weighted by molar-refractivity contribution is 6.01. The fraction of sp³-hybridized carbons (Fsp3) is 0. The molecule has 0 saturated heterocycles. The fourth-order valence-electron chi connectivity index (χ4n) is 3.75. The maximum absolute atomic E-state index is 4.57. The Labute approximate surface area is 170 Å². The van der Waals surface area contributed by atoms with E-state index in [1.807, 2.05) is 55.1 Å². The first-order valence-electron chi connectivity index (χ1n) is 9.49. The zero-order valence-corrected chi connectivity index (χ0v) is 15.7. The number of aromatic nitrogens is 7. The SMILES string of the molecule is c1ccc(-c2cncc3[nH]c(-c4n[nH]c5ccc(-c6cncnc6)cc45)cc23)nc1. The molecule has 0 saturated carbocycles. The number of H-pyrrole nitrogens is 2. The molecule has 142 valence electrons. The minimum Gasteiger partial charge on any atom is -0.352 e. The minimum absolute atomic E-state index is 0.854. The molecule has 1 aromatic carbocycles. The van der Waals surface area contributed by atoms with Gasteiger partial charge in [0, 0.05) is 46.7 Å². The van der Waals surface area contributed by atoms with Crippen molar-refractivity contribution in [1.82, 2.24) is 35.1 Å². The highest BCUT2D eigenvalue weighted by atomic mass is 15.1. The number of rotatable bonds is 3. The molecule has 0 aliphatic carbocycles. The van der Waals surface area contributed by atoms with E-state index in [-0.39, 0.29) is 0 Å². The number of hydrogen-bond acceptors (Lipinski definition) is 5. The second-order valence-electron chi connectivity index (χ2n) is 7.01. The Kier molecular flexibility index (Phi) is 3.64. The summed E-state index contributed by atoms with van der Waals surface area (Å²) in [6, 6.07) is 14.1. The van der Waals surface area contributed by atoms with Crippen molar-refractivity contribution in [2.45, 2.75) is 0 Å². The Morgan fingerprint density at radius 2 is 1.67 bits per heavy atom. The lowest BCUT2D eigenvalue weighted by molar-refractivity contribution is 1.12. The molecule has 0 aliphatic heterocycles. The monoisotopic (exact) mass is 389 g/mol. The van der Waals surface area contributed by atoms with E-state index in [4.69, 9.17) is 0 Å². The molecule has 0 spiro atoms. The molecular weight excluding hydrogens is 374 g/mol. The lowest BCUT2D eigenvalue weighted by atomic mass is 10.0. The van der Waals surface area contributed by atoms with Crippen LogP contribution in [0.4, 0.5) is 0 Å². The third kappa shape index (κ3) is 2.64. The lowest BCUT2D eigenvalue weighted by Gasteiger charge is -2.01. The maximum atomic E-state index is 4.57. The van der Waals surface area contributed by atoms with Crippen LogP contribution in [0, 0.1) is 0 Å². The summed E-state index contributed by atoms with van der Waals surface area (Å²) in [5, 5.41) is 9.78. The first-order chi connectivity index (χ1) is 14.9. The molecule has 0 aliphatic rings. The zero-order valence-electron chi connectivity index (χ0n) is 15.7. The molecule has 30 heavy (non-hydrogen) atoms. The minimum atomic E-state index is 0.854. The third-order valence-corrected chi connectivity index (χ3v) is 5.20. The van der Waals surface area contributed by atoms with Crippen LogP contribution >= 0.6 is 0 Å². The van der Waals surface area contributed by atoms with Gasteiger partial charge < -0.3 is 4.98 Å². The van der Waals surface area contributed by atoms with Gasteiger partial charge in [0.25, 0.3) is 0 Å². The lowest BCUT2D eigenvalue weighted by Crippen LogP contribution is -1.84. The first kappa shape index (κ1) is 16.6. The van der Waals surface area contributed by atoms with Crippen molar-refractivity contribution in [3.05, 3.63) is 79.8 Å². The normalized spacial score (nSPS) is 11.3. The van der Waals surface area contributed by atoms with Gasteiger partial charge in [-0.2, -0.15) is 5.10 Å². The number of nitrogens with one attached hydrogen (secondary N) is 2. The van der Waals surface area contributed by atoms with Crippen molar-refractivity contribution in [3.8, 4) is 33.8 Å². The van der Waals surface area contributed by atoms with Crippen molar-refractivity contribution in [2.24, 2.45) is 0 Å². The summed E-state index contributed by atoms with van der Waals surface area (Å²) in [7, 11) is 0. The van der Waals surface area contributed by atoms with E-state index in [2.05, 4.69) is 47.2 Å². The van der Waals surface area contributed by atoms with Gasteiger partial charge in [-0.05, 0) is 35.9 Å². The fourth-order valence-corrected chi connectivity index (χ4v) is 3.75. The number of hydrogen-bond donors (Lipinski definition) is 2. The Hall–Kier alpha value is -4.39. The number of nitrogens with zero attached hydrogens (tertiary/aromatic N) is 5. The third-order valence-electron chi connectivity index (χ3n) is 5.20. The first-order valence-corrected chi connectivity index (χ1v) is 9.49. The molecule has 6 rings (SSSR count). The van der Waals surface area contributed by atoms with Crippen LogP contribution in [0.3, 0.4) is 0 Å². The number of pyridine rings is 2. The Morgan fingerprint density at radius 1 is 0.733 bits per heavy atom. The highest BCUT2D eigenvalue weighted by Gasteiger charge is 2.15. The van der Waals surface area contributed by atoms with Gasteiger partial charge in [0.1, 0.15) is 12.0 Å². The summed E-state index contributed by atoms with van der Waals surface area (Å²) in [6.07, 6.45) is 10.6. The molecule has 0 fully saturated rings. The van der Waals surface area contributed by atoms with Crippen molar-refractivity contribution in [3.63, 3.8) is 0 Å². The molecule has 0 bridgehead atoms. The summed E-state index contributed by atoms with van der Waals surface area (Å²) in [5.74, 6) is 0. The van der Waals surface area contributed by atoms with Crippen LogP contribution in [-0.4, -0.2) is 35.1 Å². The van der Waals surface area contributed by atoms with Crippen LogP contribution in [0.25, 0.3) is 55.6 Å². The molecule has 0 unspecified atom stereocenters. The van der Waals surface area contributed by atoms with E-state index >= 15 is 0 Å². The summed E-state index contributed by atoms with van der Waals surface area (Å²) in [4.78, 5) is 20.6. The van der Waals surface area contributed by atoms with E-state index in [0.29, 0.717) is 0 Å². The molecule has 5 heterocycles. The van der Waals surface area contributed by atoms with Crippen LogP contribution in [0.5, 0.6) is 0 Å². The van der Waals surface area contributed by atoms with Crippen molar-refractivity contribution in [2.75, 3.05) is 0 Å². The van der Waals surface area contributed by atoms with Gasteiger partial charge in [-0.15, -0.1) is 0 Å². The van der Waals surface area contributed by atoms with Crippen LogP contribution in [0.15, 0.2) is 79.8 Å². The maximum Gasteiger partial charge on any atom is 0.116 e. The second-order valence-corrected chi connectivity index (χ2v) is 7.01. The molecule has 2 N–H and O–H groups in total. The summed E-state index contributed by atoms with van der Waals surface area (Å²) < 4.78 is 0. The molecule has 0 amide bonds. The second kappa shape index (κ2) is 6.59. The Balaban J connectivity index is 1.52. The van der Waals surface area contributed by atoms with Gasteiger partial charge in [0.2, 0.25) is 0 Å². The van der Waals surface area contributed by atoms with Gasteiger partial charge in [-0.25, -0.2) is 9.97 Å². The molecule has 0 radical (unpaired) electrons. The van der Waals surface area contributed by atoms with Gasteiger partial charge in [0.05, 0.1) is 28.6 Å². The molecule has 6 aromatic rings. The Morgan fingerprint density at radius 3 is 2.53 bits per heavy atom. The van der Waals surface area contributed by atoms with E-state index < -0.39 is 0 Å². The molecule has 0 atom stereocenters. The van der Waals surface area contributed by atoms with Crippen LogP contribution in [0.2, 0.25) is 0 Å². The zero-order chi connectivity index (χ0) is 19.9. The molecule has 7 nitrogen and oxygen atoms in total. The molecule has 7 heteroatoms. The standard InChI is InChI=1S/C23H15N7/c1-2-6-27-19(3-1)18-11-24-12-22-16(18)8-21(28-22)23-17-7-14(4-5-20(17)29-30-23)15-9-25-13-26-10-15/h1-13,28H,(H,29,30). The van der Waals surface area contributed by atoms with Gasteiger partial charge >= 0.3 is 0 Å². The molecular formula is C23H15N7. The largest absolute Gasteiger partial charge is 0.352 e. The molecule has 5 aromatic heterocycles. The van der Waals surface area contributed by atoms with Crippen LogP contribution < -0.4 is 0 Å². The number of aromatic amines is 2. The van der Waals surface area contributed by atoms with Crippen molar-refractivity contribution < 1.29 is 0 Å². The quantitative estimate of drug-likeness (QED) is 0.460. The average Bonchev–Trinajstić information content (AvgIpc) is 3.43. The predicted molar refractivity (Wildman–Crippen MR) is 115 cm³/mol. The van der Waals surface area contributed by atoms with E-state index in [0.717, 1.165) is 55.6 Å². The van der Waals surface area contributed by atoms with Gasteiger partial charge in [-0.3, -0.25) is 15.1 Å². The van der Waals surface area contributed by atoms with Crippen molar-refractivity contribution >= 4 is 21.8 Å². The van der Waals surface area contributed by atoms with Gasteiger partial charge in [0.15, 0.2) is 0 Å². The average molecular weight is 389 g/mol. The summed E-state index contributed by atoms with van der Waals surface area (Å²) >= 11 is 0. The number of benzene rings is 1. The summed E-state index contributed by atoms with van der Waals surface area (Å²) in [5.41, 5.74) is 7.55. The highest BCUT2D eigenvalue weighted by Crippen LogP contribution is 2.34. The smallest absolute Gasteiger partial charge is 0.116 e. The topological polar surface area (TPSA) is 96.0 Å². The van der Waals surface area contributed by atoms with E-state index in [9.17, 15) is 0 Å². The van der Waals surface area contributed by atoms with Crippen LogP contribution in [-0.2, 0) is 0 Å². The van der Waals surface area contributed by atoms with Crippen LogP contribution in [0.1, 0.15) is 0 Å². The van der Waals surface area contributed by atoms with Gasteiger partial charge in [-0.1, -0.05) is 12.1 Å².